The second kappa shape index (κ2) is 4.86. The lowest BCUT2D eigenvalue weighted by Crippen LogP contribution is -2.05. The molecular weight excluding hydrogens is 258 g/mol. The Hall–Kier alpha value is -1.75. The molecule has 0 heterocycles. The second-order valence-corrected chi connectivity index (χ2v) is 5.83. The van der Waals surface area contributed by atoms with Gasteiger partial charge in [-0.3, -0.25) is 0 Å². The molecule has 2 aromatic rings. The van der Waals surface area contributed by atoms with E-state index < -0.39 is 21.5 Å². The zero-order valence-corrected chi connectivity index (χ0v) is 10.1. The summed E-state index contributed by atoms with van der Waals surface area (Å²) in [5, 5.41) is 0. The molecule has 0 unspecified atom stereocenters. The van der Waals surface area contributed by atoms with Crippen molar-refractivity contribution in [3.63, 3.8) is 0 Å². The number of hydrogen-bond donors (Lipinski definition) is 0. The fourth-order valence-corrected chi connectivity index (χ4v) is 2.92. The van der Waals surface area contributed by atoms with Crippen LogP contribution in [0.25, 0.3) is 0 Å². The maximum atomic E-state index is 13.0. The van der Waals surface area contributed by atoms with Crippen LogP contribution in [0.3, 0.4) is 0 Å². The standard InChI is InChI=1S/C13H10F2O2S/c14-11-6-4-10(5-7-11)9-18(16,17)13-3-1-2-12(15)8-13/h1-8H,9H2. The summed E-state index contributed by atoms with van der Waals surface area (Å²) in [4.78, 5) is -0.0770. The monoisotopic (exact) mass is 268 g/mol. The van der Waals surface area contributed by atoms with Crippen molar-refractivity contribution in [3.8, 4) is 0 Å². The van der Waals surface area contributed by atoms with E-state index in [2.05, 4.69) is 0 Å². The lowest BCUT2D eigenvalue weighted by Gasteiger charge is -2.04. The predicted octanol–water partition coefficient (Wildman–Crippen LogP) is 2.94. The van der Waals surface area contributed by atoms with Gasteiger partial charge in [-0.25, -0.2) is 17.2 Å². The van der Waals surface area contributed by atoms with Gasteiger partial charge in [-0.15, -0.1) is 0 Å². The normalized spacial score (nSPS) is 11.4. The predicted molar refractivity (Wildman–Crippen MR) is 63.7 cm³/mol. The second-order valence-electron chi connectivity index (χ2n) is 3.84. The molecule has 0 aliphatic rings. The molecule has 0 fully saturated rings. The van der Waals surface area contributed by atoms with Gasteiger partial charge >= 0.3 is 0 Å². The van der Waals surface area contributed by atoms with E-state index in [9.17, 15) is 17.2 Å². The van der Waals surface area contributed by atoms with Gasteiger partial charge < -0.3 is 0 Å². The largest absolute Gasteiger partial charge is 0.223 e. The molecule has 0 saturated carbocycles. The van der Waals surface area contributed by atoms with E-state index in [4.69, 9.17) is 0 Å². The molecule has 2 aromatic carbocycles. The number of sulfone groups is 1. The first kappa shape index (κ1) is 12.7. The van der Waals surface area contributed by atoms with Gasteiger partial charge in [-0.05, 0) is 35.9 Å². The van der Waals surface area contributed by atoms with Gasteiger partial charge in [0, 0.05) is 0 Å². The van der Waals surface area contributed by atoms with Crippen molar-refractivity contribution in [1.82, 2.24) is 0 Å². The van der Waals surface area contributed by atoms with Gasteiger partial charge in [-0.2, -0.15) is 0 Å². The first-order valence-corrected chi connectivity index (χ1v) is 6.85. The highest BCUT2D eigenvalue weighted by Crippen LogP contribution is 2.17. The van der Waals surface area contributed by atoms with Crippen LogP contribution in [0.15, 0.2) is 53.4 Å². The summed E-state index contributed by atoms with van der Waals surface area (Å²) in [5.41, 5.74) is 0.459. The first-order chi connectivity index (χ1) is 8.47. The Bertz CT molecular complexity index is 649. The highest BCUT2D eigenvalue weighted by atomic mass is 32.2. The molecule has 0 radical (unpaired) electrons. The Morgan fingerprint density at radius 2 is 1.56 bits per heavy atom. The Balaban J connectivity index is 2.30. The van der Waals surface area contributed by atoms with Crippen molar-refractivity contribution < 1.29 is 17.2 Å². The summed E-state index contributed by atoms with van der Waals surface area (Å²) in [7, 11) is -3.61. The minimum Gasteiger partial charge on any atom is -0.223 e. The van der Waals surface area contributed by atoms with Crippen LogP contribution in [0.5, 0.6) is 0 Å². The average Bonchev–Trinajstić information content (AvgIpc) is 2.32. The van der Waals surface area contributed by atoms with E-state index in [1.54, 1.807) is 0 Å². The minimum absolute atomic E-state index is 0.0770. The molecule has 0 N–H and O–H groups in total. The van der Waals surface area contributed by atoms with Crippen LogP contribution >= 0.6 is 0 Å². The van der Waals surface area contributed by atoms with Crippen LogP contribution in [0, 0.1) is 11.6 Å². The summed E-state index contributed by atoms with van der Waals surface area (Å²) >= 11 is 0. The third-order valence-electron chi connectivity index (χ3n) is 2.43. The molecule has 94 valence electrons. The zero-order valence-electron chi connectivity index (χ0n) is 9.31. The summed E-state index contributed by atoms with van der Waals surface area (Å²) < 4.78 is 49.6. The molecule has 0 bridgehead atoms. The molecule has 5 heteroatoms. The summed E-state index contributed by atoms with van der Waals surface area (Å²) in [6, 6.07) is 10.00. The van der Waals surface area contributed by atoms with Gasteiger partial charge in [0.05, 0.1) is 10.6 Å². The van der Waals surface area contributed by atoms with Crippen molar-refractivity contribution in [2.45, 2.75) is 10.6 Å². The van der Waals surface area contributed by atoms with E-state index in [1.807, 2.05) is 0 Å². The van der Waals surface area contributed by atoms with Gasteiger partial charge in [-0.1, -0.05) is 18.2 Å². The highest BCUT2D eigenvalue weighted by Gasteiger charge is 2.15. The molecule has 2 rings (SSSR count). The Labute approximate surface area is 104 Å². The maximum absolute atomic E-state index is 13.0. The van der Waals surface area contributed by atoms with Gasteiger partial charge in [0.25, 0.3) is 0 Å². The van der Waals surface area contributed by atoms with Gasteiger partial charge in [0.1, 0.15) is 11.6 Å². The van der Waals surface area contributed by atoms with Crippen molar-refractivity contribution in [2.75, 3.05) is 0 Å². The van der Waals surface area contributed by atoms with Crippen LogP contribution in [-0.2, 0) is 15.6 Å². The molecule has 0 aromatic heterocycles. The molecule has 0 aliphatic heterocycles. The number of rotatable bonds is 3. The van der Waals surface area contributed by atoms with Gasteiger partial charge in [0.15, 0.2) is 9.84 Å². The number of benzene rings is 2. The molecular formula is C13H10F2O2S. The summed E-state index contributed by atoms with van der Waals surface area (Å²) in [5.74, 6) is -1.31. The van der Waals surface area contributed by atoms with Crippen LogP contribution in [0.4, 0.5) is 8.78 Å². The lowest BCUT2D eigenvalue weighted by molar-refractivity contribution is 0.589. The highest BCUT2D eigenvalue weighted by molar-refractivity contribution is 7.90. The Kier molecular flexibility index (Phi) is 3.43. The summed E-state index contributed by atoms with van der Waals surface area (Å²) in [6.07, 6.45) is 0. The molecule has 0 amide bonds. The molecule has 0 saturated heterocycles. The fraction of sp³-hybridized carbons (Fsp3) is 0.0769. The Morgan fingerprint density at radius 1 is 0.889 bits per heavy atom. The first-order valence-electron chi connectivity index (χ1n) is 5.20. The average molecular weight is 268 g/mol. The van der Waals surface area contributed by atoms with Gasteiger partial charge in [0.2, 0.25) is 0 Å². The van der Waals surface area contributed by atoms with Crippen LogP contribution in [0.2, 0.25) is 0 Å². The van der Waals surface area contributed by atoms with Crippen molar-refractivity contribution in [3.05, 3.63) is 65.7 Å². The maximum Gasteiger partial charge on any atom is 0.182 e. The molecule has 18 heavy (non-hydrogen) atoms. The molecule has 0 aliphatic carbocycles. The van der Waals surface area contributed by atoms with E-state index in [0.717, 1.165) is 6.07 Å². The lowest BCUT2D eigenvalue weighted by atomic mass is 10.2. The third kappa shape index (κ3) is 2.92. The topological polar surface area (TPSA) is 34.1 Å². The van der Waals surface area contributed by atoms with E-state index in [-0.39, 0.29) is 10.6 Å². The minimum atomic E-state index is -3.61. The van der Waals surface area contributed by atoms with Crippen LogP contribution in [-0.4, -0.2) is 8.42 Å². The smallest absolute Gasteiger partial charge is 0.182 e. The fourth-order valence-electron chi connectivity index (χ4n) is 1.54. The van der Waals surface area contributed by atoms with Crippen molar-refractivity contribution in [1.29, 1.82) is 0 Å². The third-order valence-corrected chi connectivity index (χ3v) is 4.11. The SMILES string of the molecule is O=S(=O)(Cc1ccc(F)cc1)c1cccc(F)c1. The molecule has 0 atom stereocenters. The van der Waals surface area contributed by atoms with Crippen molar-refractivity contribution >= 4 is 9.84 Å². The summed E-state index contributed by atoms with van der Waals surface area (Å²) in [6.45, 7) is 0. The Morgan fingerprint density at radius 3 is 2.17 bits per heavy atom. The van der Waals surface area contributed by atoms with Crippen LogP contribution < -0.4 is 0 Å². The zero-order chi connectivity index (χ0) is 13.2. The van der Waals surface area contributed by atoms with E-state index in [1.165, 1.54) is 42.5 Å². The van der Waals surface area contributed by atoms with E-state index >= 15 is 0 Å². The number of halogens is 2. The van der Waals surface area contributed by atoms with Crippen LogP contribution in [0.1, 0.15) is 5.56 Å². The quantitative estimate of drug-likeness (QED) is 0.857. The molecule has 2 nitrogen and oxygen atoms in total. The molecule has 0 spiro atoms. The van der Waals surface area contributed by atoms with Crippen molar-refractivity contribution in [2.24, 2.45) is 0 Å². The number of hydrogen-bond acceptors (Lipinski definition) is 2. The van der Waals surface area contributed by atoms with E-state index in [0.29, 0.717) is 5.56 Å².